The van der Waals surface area contributed by atoms with Gasteiger partial charge in [-0.05, 0) is 83.8 Å². The summed E-state index contributed by atoms with van der Waals surface area (Å²) in [6.45, 7) is 4.93. The number of fused-ring (bicyclic) bond motifs is 1. The topological polar surface area (TPSA) is 32.8 Å². The van der Waals surface area contributed by atoms with Crippen LogP contribution in [0.15, 0.2) is 66.7 Å². The molecular formula is C30H37ClN2O2. The SMILES string of the molecule is COc1ccc2c(c1)[C@@H](C(=O)N(Cc1ccc(N(C)C)cc1)c1ccc(C(C)C)cc1)CCC2.Cl. The van der Waals surface area contributed by atoms with Crippen molar-refractivity contribution in [1.29, 1.82) is 0 Å². The number of carbonyl (C=O) groups is 1. The Morgan fingerprint density at radius 2 is 1.63 bits per heavy atom. The molecule has 0 bridgehead atoms. The standard InChI is InChI=1S/C30H36N2O2.ClH/c1-21(2)23-11-16-26(17-12-23)32(20-22-9-14-25(15-10-22)31(3)4)30(33)28-8-6-7-24-13-18-27(34-5)19-29(24)28;/h9-19,21,28H,6-8,20H2,1-5H3;1H/t28-;/m0./s1. The van der Waals surface area contributed by atoms with E-state index in [9.17, 15) is 4.79 Å². The zero-order valence-corrected chi connectivity index (χ0v) is 22.3. The maximum Gasteiger partial charge on any atom is 0.234 e. The molecule has 0 saturated carbocycles. The van der Waals surface area contributed by atoms with Crippen molar-refractivity contribution in [2.75, 3.05) is 31.0 Å². The molecule has 0 aromatic heterocycles. The molecule has 186 valence electrons. The third-order valence-corrected chi connectivity index (χ3v) is 6.90. The highest BCUT2D eigenvalue weighted by Crippen LogP contribution is 2.37. The number of anilines is 2. The van der Waals surface area contributed by atoms with Crippen LogP contribution in [0.25, 0.3) is 0 Å². The number of carbonyl (C=O) groups excluding carboxylic acids is 1. The van der Waals surface area contributed by atoms with Gasteiger partial charge in [-0.2, -0.15) is 0 Å². The van der Waals surface area contributed by atoms with E-state index in [1.165, 1.54) is 11.1 Å². The molecule has 1 atom stereocenters. The summed E-state index contributed by atoms with van der Waals surface area (Å²) in [5.74, 6) is 1.26. The lowest BCUT2D eigenvalue weighted by Crippen LogP contribution is -2.36. The fourth-order valence-corrected chi connectivity index (χ4v) is 4.77. The van der Waals surface area contributed by atoms with Crippen molar-refractivity contribution >= 4 is 29.7 Å². The van der Waals surface area contributed by atoms with Crippen LogP contribution in [-0.4, -0.2) is 27.1 Å². The van der Waals surface area contributed by atoms with Crippen molar-refractivity contribution < 1.29 is 9.53 Å². The summed E-state index contributed by atoms with van der Waals surface area (Å²) >= 11 is 0. The predicted octanol–water partition coefficient (Wildman–Crippen LogP) is 6.96. The number of methoxy groups -OCH3 is 1. The van der Waals surface area contributed by atoms with Gasteiger partial charge in [0.15, 0.2) is 0 Å². The molecular weight excluding hydrogens is 456 g/mol. The van der Waals surface area contributed by atoms with Crippen molar-refractivity contribution in [3.05, 3.63) is 89.0 Å². The fourth-order valence-electron chi connectivity index (χ4n) is 4.77. The molecule has 1 aliphatic rings. The first-order valence-corrected chi connectivity index (χ1v) is 12.2. The molecule has 0 radical (unpaired) electrons. The summed E-state index contributed by atoms with van der Waals surface area (Å²) in [7, 11) is 5.76. The molecule has 4 nitrogen and oxygen atoms in total. The normalized spacial score (nSPS) is 14.6. The average molecular weight is 493 g/mol. The Labute approximate surface area is 216 Å². The average Bonchev–Trinajstić information content (AvgIpc) is 2.86. The quantitative estimate of drug-likeness (QED) is 0.357. The first-order valence-electron chi connectivity index (χ1n) is 12.2. The van der Waals surface area contributed by atoms with Gasteiger partial charge in [0, 0.05) is 25.5 Å². The molecule has 0 aliphatic heterocycles. The summed E-state index contributed by atoms with van der Waals surface area (Å²) in [5, 5.41) is 0. The van der Waals surface area contributed by atoms with Crippen molar-refractivity contribution in [2.45, 2.75) is 51.5 Å². The van der Waals surface area contributed by atoms with E-state index in [0.717, 1.165) is 47.5 Å². The van der Waals surface area contributed by atoms with E-state index in [0.29, 0.717) is 12.5 Å². The summed E-state index contributed by atoms with van der Waals surface area (Å²) in [5.41, 5.74) is 6.86. The number of aryl methyl sites for hydroxylation is 1. The maximum absolute atomic E-state index is 14.1. The van der Waals surface area contributed by atoms with E-state index in [1.807, 2.05) is 25.1 Å². The number of amides is 1. The lowest BCUT2D eigenvalue weighted by molar-refractivity contribution is -0.120. The number of halogens is 1. The first-order chi connectivity index (χ1) is 16.4. The van der Waals surface area contributed by atoms with E-state index < -0.39 is 0 Å². The highest BCUT2D eigenvalue weighted by atomic mass is 35.5. The van der Waals surface area contributed by atoms with E-state index in [2.05, 4.69) is 79.4 Å². The zero-order chi connectivity index (χ0) is 24.2. The highest BCUT2D eigenvalue weighted by Gasteiger charge is 2.31. The second-order valence-electron chi connectivity index (χ2n) is 9.74. The lowest BCUT2D eigenvalue weighted by Gasteiger charge is -2.31. The summed E-state index contributed by atoms with van der Waals surface area (Å²) in [6, 6.07) is 23.1. The van der Waals surface area contributed by atoms with E-state index >= 15 is 0 Å². The van der Waals surface area contributed by atoms with Gasteiger partial charge in [-0.15, -0.1) is 12.4 Å². The first kappa shape index (κ1) is 26.6. The van der Waals surface area contributed by atoms with Crippen LogP contribution in [0.5, 0.6) is 5.75 Å². The molecule has 3 aromatic carbocycles. The van der Waals surface area contributed by atoms with Gasteiger partial charge in [-0.25, -0.2) is 0 Å². The number of hydrogen-bond donors (Lipinski definition) is 0. The molecule has 5 heteroatoms. The van der Waals surface area contributed by atoms with Crippen LogP contribution in [0.3, 0.4) is 0 Å². The Morgan fingerprint density at radius 1 is 0.971 bits per heavy atom. The van der Waals surface area contributed by atoms with Gasteiger partial charge in [0.2, 0.25) is 5.91 Å². The van der Waals surface area contributed by atoms with Gasteiger partial charge in [0.25, 0.3) is 0 Å². The molecule has 0 unspecified atom stereocenters. The van der Waals surface area contributed by atoms with Crippen LogP contribution in [0.4, 0.5) is 11.4 Å². The minimum Gasteiger partial charge on any atom is -0.497 e. The molecule has 3 aromatic rings. The Hall–Kier alpha value is -2.98. The number of nitrogens with zero attached hydrogens (tertiary/aromatic N) is 2. The van der Waals surface area contributed by atoms with E-state index in [4.69, 9.17) is 4.74 Å². The molecule has 4 rings (SSSR count). The highest BCUT2D eigenvalue weighted by molar-refractivity contribution is 5.98. The monoisotopic (exact) mass is 492 g/mol. The molecule has 0 heterocycles. The van der Waals surface area contributed by atoms with Crippen LogP contribution in [0.2, 0.25) is 0 Å². The number of rotatable bonds is 7. The van der Waals surface area contributed by atoms with Gasteiger partial charge in [-0.1, -0.05) is 44.2 Å². The van der Waals surface area contributed by atoms with Crippen LogP contribution < -0.4 is 14.5 Å². The second kappa shape index (κ2) is 11.6. The molecule has 1 aliphatic carbocycles. The zero-order valence-electron chi connectivity index (χ0n) is 21.5. The Bertz CT molecular complexity index is 1120. The number of ether oxygens (including phenoxy) is 1. The summed E-state index contributed by atoms with van der Waals surface area (Å²) in [4.78, 5) is 18.2. The van der Waals surface area contributed by atoms with E-state index in [-0.39, 0.29) is 24.2 Å². The smallest absolute Gasteiger partial charge is 0.234 e. The summed E-state index contributed by atoms with van der Waals surface area (Å²) < 4.78 is 5.49. The number of benzene rings is 3. The minimum atomic E-state index is -0.162. The van der Waals surface area contributed by atoms with Crippen molar-refractivity contribution in [3.63, 3.8) is 0 Å². The molecule has 0 N–H and O–H groups in total. The van der Waals surface area contributed by atoms with Crippen LogP contribution in [-0.2, 0) is 17.8 Å². The Kier molecular flexibility index (Phi) is 8.85. The van der Waals surface area contributed by atoms with Gasteiger partial charge < -0.3 is 14.5 Å². The number of hydrogen-bond acceptors (Lipinski definition) is 3. The van der Waals surface area contributed by atoms with Crippen LogP contribution in [0.1, 0.15) is 60.8 Å². The van der Waals surface area contributed by atoms with Crippen LogP contribution >= 0.6 is 12.4 Å². The van der Waals surface area contributed by atoms with E-state index in [1.54, 1.807) is 7.11 Å². The van der Waals surface area contributed by atoms with Crippen molar-refractivity contribution in [3.8, 4) is 5.75 Å². The van der Waals surface area contributed by atoms with Crippen LogP contribution in [0, 0.1) is 0 Å². The largest absolute Gasteiger partial charge is 0.497 e. The molecule has 0 saturated heterocycles. The molecule has 35 heavy (non-hydrogen) atoms. The van der Waals surface area contributed by atoms with Gasteiger partial charge in [-0.3, -0.25) is 4.79 Å². The maximum atomic E-state index is 14.1. The Balaban J connectivity index is 0.00000342. The molecule has 1 amide bonds. The van der Waals surface area contributed by atoms with Gasteiger partial charge >= 0.3 is 0 Å². The minimum absolute atomic E-state index is 0. The second-order valence-corrected chi connectivity index (χ2v) is 9.74. The third kappa shape index (κ3) is 5.99. The fraction of sp³-hybridized carbons (Fsp3) is 0.367. The predicted molar refractivity (Wildman–Crippen MR) is 148 cm³/mol. The van der Waals surface area contributed by atoms with Crippen molar-refractivity contribution in [1.82, 2.24) is 0 Å². The lowest BCUT2D eigenvalue weighted by atomic mass is 9.81. The Morgan fingerprint density at radius 3 is 2.23 bits per heavy atom. The van der Waals surface area contributed by atoms with Gasteiger partial charge in [0.05, 0.1) is 19.6 Å². The summed E-state index contributed by atoms with van der Waals surface area (Å²) in [6.07, 6.45) is 2.89. The van der Waals surface area contributed by atoms with Crippen molar-refractivity contribution in [2.24, 2.45) is 0 Å². The third-order valence-electron chi connectivity index (χ3n) is 6.90. The van der Waals surface area contributed by atoms with Gasteiger partial charge in [0.1, 0.15) is 5.75 Å². The molecule has 0 fully saturated rings. The molecule has 0 spiro atoms.